The number of pyridine rings is 1. The second-order valence-corrected chi connectivity index (χ2v) is 3.29. The number of aliphatic imine (C=N–C) groups is 1. The molecule has 1 heterocycles. The molecule has 0 aliphatic carbocycles. The van der Waals surface area contributed by atoms with E-state index in [-0.39, 0.29) is 0 Å². The van der Waals surface area contributed by atoms with Crippen LogP contribution in [-0.4, -0.2) is 37.4 Å². The Balaban J connectivity index is 2.89. The number of anilines is 1. The molecule has 1 N–H and O–H groups in total. The van der Waals surface area contributed by atoms with Crippen LogP contribution < -0.4 is 5.32 Å². The Labute approximate surface area is 84.7 Å². The van der Waals surface area contributed by atoms with Crippen LogP contribution in [0.5, 0.6) is 0 Å². The van der Waals surface area contributed by atoms with Gasteiger partial charge in [0.15, 0.2) is 5.82 Å². The van der Waals surface area contributed by atoms with Crippen LogP contribution >= 0.6 is 0 Å². The molecule has 0 fully saturated rings. The topological polar surface area (TPSA) is 40.5 Å². The summed E-state index contributed by atoms with van der Waals surface area (Å²) in [7, 11) is 5.71. The molecule has 0 bridgehead atoms. The highest BCUT2D eigenvalue weighted by molar-refractivity contribution is 5.60. The van der Waals surface area contributed by atoms with E-state index in [1.165, 1.54) is 0 Å². The number of aromatic nitrogens is 1. The zero-order valence-electron chi connectivity index (χ0n) is 9.07. The number of rotatable bonds is 3. The van der Waals surface area contributed by atoms with Crippen molar-refractivity contribution in [2.75, 3.05) is 26.5 Å². The molecular weight excluding hydrogens is 176 g/mol. The van der Waals surface area contributed by atoms with Gasteiger partial charge in [0, 0.05) is 21.1 Å². The van der Waals surface area contributed by atoms with E-state index >= 15 is 0 Å². The summed E-state index contributed by atoms with van der Waals surface area (Å²) in [5, 5.41) is 3.02. The van der Waals surface area contributed by atoms with Crippen LogP contribution in [0.1, 0.15) is 5.56 Å². The van der Waals surface area contributed by atoms with Crippen molar-refractivity contribution >= 4 is 18.0 Å². The first-order valence-electron chi connectivity index (χ1n) is 4.49. The maximum atomic E-state index is 4.33. The molecule has 0 aliphatic heterocycles. The van der Waals surface area contributed by atoms with Crippen molar-refractivity contribution in [1.82, 2.24) is 9.88 Å². The Kier molecular flexibility index (Phi) is 3.45. The number of aryl methyl sites for hydroxylation is 1. The van der Waals surface area contributed by atoms with E-state index < -0.39 is 0 Å². The Morgan fingerprint density at radius 3 is 2.71 bits per heavy atom. The lowest BCUT2D eigenvalue weighted by Crippen LogP contribution is -2.07. The Morgan fingerprint density at radius 2 is 2.14 bits per heavy atom. The van der Waals surface area contributed by atoms with E-state index in [0.717, 1.165) is 11.4 Å². The van der Waals surface area contributed by atoms with Gasteiger partial charge in [-0.15, -0.1) is 0 Å². The molecule has 0 atom stereocenters. The normalized spacial score (nSPS) is 10.6. The van der Waals surface area contributed by atoms with Crippen LogP contribution in [0.4, 0.5) is 11.6 Å². The first-order chi connectivity index (χ1) is 6.63. The van der Waals surface area contributed by atoms with Gasteiger partial charge in [0.05, 0.1) is 6.34 Å². The third kappa shape index (κ3) is 2.73. The number of nitrogens with one attached hydrogen (secondary N) is 1. The van der Waals surface area contributed by atoms with Gasteiger partial charge in [-0.1, -0.05) is 6.07 Å². The third-order valence-corrected chi connectivity index (χ3v) is 1.74. The molecule has 0 unspecified atom stereocenters. The SMILES string of the molecule is CNc1nc(/N=C/N(C)C)ccc1C. The summed E-state index contributed by atoms with van der Waals surface area (Å²) in [5.74, 6) is 1.59. The molecule has 0 saturated carbocycles. The van der Waals surface area contributed by atoms with E-state index in [1.807, 2.05) is 45.1 Å². The fourth-order valence-corrected chi connectivity index (χ4v) is 1.02. The van der Waals surface area contributed by atoms with E-state index in [0.29, 0.717) is 5.82 Å². The third-order valence-electron chi connectivity index (χ3n) is 1.74. The average molecular weight is 192 g/mol. The highest BCUT2D eigenvalue weighted by atomic mass is 15.1. The summed E-state index contributed by atoms with van der Waals surface area (Å²) < 4.78 is 0. The van der Waals surface area contributed by atoms with Gasteiger partial charge >= 0.3 is 0 Å². The van der Waals surface area contributed by atoms with Gasteiger partial charge in [-0.25, -0.2) is 9.98 Å². The zero-order valence-corrected chi connectivity index (χ0v) is 9.07. The number of hydrogen-bond donors (Lipinski definition) is 1. The molecule has 4 heteroatoms. The molecule has 4 nitrogen and oxygen atoms in total. The van der Waals surface area contributed by atoms with Crippen molar-refractivity contribution in [3.05, 3.63) is 17.7 Å². The largest absolute Gasteiger partial charge is 0.373 e. The first kappa shape index (κ1) is 10.5. The molecule has 0 saturated heterocycles. The van der Waals surface area contributed by atoms with Crippen LogP contribution in [0.3, 0.4) is 0 Å². The molecule has 76 valence electrons. The summed E-state index contributed by atoms with van der Waals surface area (Å²) in [4.78, 5) is 10.4. The van der Waals surface area contributed by atoms with Crippen molar-refractivity contribution in [1.29, 1.82) is 0 Å². The van der Waals surface area contributed by atoms with Crippen molar-refractivity contribution in [2.45, 2.75) is 6.92 Å². The van der Waals surface area contributed by atoms with Crippen molar-refractivity contribution < 1.29 is 0 Å². The molecule has 0 aromatic carbocycles. The minimum atomic E-state index is 0.716. The average Bonchev–Trinajstić information content (AvgIpc) is 2.16. The molecule has 0 amide bonds. The van der Waals surface area contributed by atoms with E-state index in [9.17, 15) is 0 Å². The summed E-state index contributed by atoms with van der Waals surface area (Å²) in [6.07, 6.45) is 1.73. The summed E-state index contributed by atoms with van der Waals surface area (Å²) in [6.45, 7) is 2.01. The lowest BCUT2D eigenvalue weighted by molar-refractivity contribution is 0.643. The second kappa shape index (κ2) is 4.60. The fourth-order valence-electron chi connectivity index (χ4n) is 1.02. The molecule has 14 heavy (non-hydrogen) atoms. The van der Waals surface area contributed by atoms with Crippen molar-refractivity contribution in [2.24, 2.45) is 4.99 Å². The molecule has 0 spiro atoms. The quantitative estimate of drug-likeness (QED) is 0.585. The Morgan fingerprint density at radius 1 is 1.43 bits per heavy atom. The van der Waals surface area contributed by atoms with Gasteiger partial charge in [-0.2, -0.15) is 0 Å². The van der Waals surface area contributed by atoms with Gasteiger partial charge in [-0.3, -0.25) is 0 Å². The van der Waals surface area contributed by atoms with E-state index in [4.69, 9.17) is 0 Å². The second-order valence-electron chi connectivity index (χ2n) is 3.29. The lowest BCUT2D eigenvalue weighted by Gasteiger charge is -2.05. The Bertz CT molecular complexity index is 331. The highest BCUT2D eigenvalue weighted by Gasteiger charge is 1.97. The summed E-state index contributed by atoms with van der Waals surface area (Å²) >= 11 is 0. The van der Waals surface area contributed by atoms with Crippen LogP contribution in [0.15, 0.2) is 17.1 Å². The number of nitrogens with zero attached hydrogens (tertiary/aromatic N) is 3. The van der Waals surface area contributed by atoms with Crippen LogP contribution in [0.25, 0.3) is 0 Å². The minimum absolute atomic E-state index is 0.716. The summed E-state index contributed by atoms with van der Waals surface area (Å²) in [6, 6.07) is 3.90. The first-order valence-corrected chi connectivity index (χ1v) is 4.49. The monoisotopic (exact) mass is 192 g/mol. The zero-order chi connectivity index (χ0) is 10.6. The van der Waals surface area contributed by atoms with Gasteiger partial charge in [-0.05, 0) is 18.6 Å². The minimum Gasteiger partial charge on any atom is -0.373 e. The number of hydrogen-bond acceptors (Lipinski definition) is 3. The highest BCUT2D eigenvalue weighted by Crippen LogP contribution is 2.16. The standard InChI is InChI=1S/C10H16N4/c1-8-5-6-9(12-7-14(3)4)13-10(8)11-2/h5-7H,1-4H3,(H,11,13)/b12-7+. The van der Waals surface area contributed by atoms with Crippen LogP contribution in [-0.2, 0) is 0 Å². The predicted octanol–water partition coefficient (Wildman–Crippen LogP) is 1.65. The van der Waals surface area contributed by atoms with Gasteiger partial charge < -0.3 is 10.2 Å². The van der Waals surface area contributed by atoms with E-state index in [1.54, 1.807) is 6.34 Å². The predicted molar refractivity (Wildman–Crippen MR) is 60.4 cm³/mol. The maximum absolute atomic E-state index is 4.33. The molecule has 0 radical (unpaired) electrons. The molecular formula is C10H16N4. The van der Waals surface area contributed by atoms with Gasteiger partial charge in [0.25, 0.3) is 0 Å². The van der Waals surface area contributed by atoms with Crippen LogP contribution in [0, 0.1) is 6.92 Å². The molecule has 1 aromatic rings. The van der Waals surface area contributed by atoms with Crippen LogP contribution in [0.2, 0.25) is 0 Å². The molecule has 1 aromatic heterocycles. The van der Waals surface area contributed by atoms with Gasteiger partial charge in [0.1, 0.15) is 5.82 Å². The van der Waals surface area contributed by atoms with Gasteiger partial charge in [0.2, 0.25) is 0 Å². The smallest absolute Gasteiger partial charge is 0.155 e. The molecule has 1 rings (SSSR count). The fraction of sp³-hybridized carbons (Fsp3) is 0.400. The lowest BCUT2D eigenvalue weighted by atomic mass is 10.3. The summed E-state index contributed by atoms with van der Waals surface area (Å²) in [5.41, 5.74) is 1.12. The molecule has 0 aliphatic rings. The van der Waals surface area contributed by atoms with Crippen molar-refractivity contribution in [3.8, 4) is 0 Å². The van der Waals surface area contributed by atoms with Crippen molar-refractivity contribution in [3.63, 3.8) is 0 Å². The maximum Gasteiger partial charge on any atom is 0.155 e. The Hall–Kier alpha value is -1.58. The van der Waals surface area contributed by atoms with E-state index in [2.05, 4.69) is 15.3 Å².